The summed E-state index contributed by atoms with van der Waals surface area (Å²) in [6, 6.07) is 0. The van der Waals surface area contributed by atoms with Gasteiger partial charge in [0.2, 0.25) is 0 Å². The zero-order valence-electron chi connectivity index (χ0n) is 9.44. The van der Waals surface area contributed by atoms with Crippen molar-refractivity contribution in [1.29, 1.82) is 0 Å². The summed E-state index contributed by atoms with van der Waals surface area (Å²) in [5.41, 5.74) is 5.65. The predicted octanol–water partition coefficient (Wildman–Crippen LogP) is 3.35. The van der Waals surface area contributed by atoms with Crippen LogP contribution in [0.4, 0.5) is 0 Å². The number of phenols is 1. The fourth-order valence-corrected chi connectivity index (χ4v) is 1.76. The molecule has 14 heavy (non-hydrogen) atoms. The Bertz CT molecular complexity index is 346. The summed E-state index contributed by atoms with van der Waals surface area (Å²) >= 11 is 0. The molecule has 0 heterocycles. The van der Waals surface area contributed by atoms with Crippen LogP contribution in [0.3, 0.4) is 0 Å². The van der Waals surface area contributed by atoms with Crippen LogP contribution in [0, 0.1) is 27.7 Å². The van der Waals surface area contributed by atoms with Crippen molar-refractivity contribution in [3.63, 3.8) is 0 Å². The SMILES string of the molecule is C=CCc1c(C)c(C)c(C)c(C)c1O. The Kier molecular flexibility index (Phi) is 3.00. The minimum absolute atomic E-state index is 0.436. The minimum atomic E-state index is 0.436. The number of hydrogen-bond acceptors (Lipinski definition) is 1. The number of allylic oxidation sites excluding steroid dienone is 1. The lowest BCUT2D eigenvalue weighted by Gasteiger charge is -2.15. The van der Waals surface area contributed by atoms with Gasteiger partial charge in [0.05, 0.1) is 0 Å². The van der Waals surface area contributed by atoms with E-state index in [9.17, 15) is 5.11 Å². The van der Waals surface area contributed by atoms with E-state index < -0.39 is 0 Å². The molecule has 1 aromatic rings. The zero-order chi connectivity index (χ0) is 10.9. The van der Waals surface area contributed by atoms with Crippen molar-refractivity contribution < 1.29 is 5.11 Å². The smallest absolute Gasteiger partial charge is 0.122 e. The van der Waals surface area contributed by atoms with Crippen LogP contribution in [0.5, 0.6) is 5.75 Å². The van der Waals surface area contributed by atoms with Gasteiger partial charge in [0.1, 0.15) is 5.75 Å². The van der Waals surface area contributed by atoms with Crippen LogP contribution >= 0.6 is 0 Å². The van der Waals surface area contributed by atoms with Gasteiger partial charge >= 0.3 is 0 Å². The van der Waals surface area contributed by atoms with Crippen LogP contribution in [0.25, 0.3) is 0 Å². The zero-order valence-corrected chi connectivity index (χ0v) is 9.44. The lowest BCUT2D eigenvalue weighted by atomic mass is 9.92. The highest BCUT2D eigenvalue weighted by Crippen LogP contribution is 2.31. The van der Waals surface area contributed by atoms with Gasteiger partial charge in [0.15, 0.2) is 0 Å². The highest BCUT2D eigenvalue weighted by Gasteiger charge is 2.12. The monoisotopic (exact) mass is 190 g/mol. The van der Waals surface area contributed by atoms with Crippen LogP contribution in [0.15, 0.2) is 12.7 Å². The number of rotatable bonds is 2. The molecule has 0 aliphatic carbocycles. The van der Waals surface area contributed by atoms with Gasteiger partial charge in [0.25, 0.3) is 0 Å². The Balaban J connectivity index is 3.50. The Labute approximate surface area is 86.1 Å². The van der Waals surface area contributed by atoms with Gasteiger partial charge in [-0.05, 0) is 56.4 Å². The molecule has 1 heteroatoms. The molecule has 0 aliphatic heterocycles. The molecule has 0 saturated heterocycles. The average molecular weight is 190 g/mol. The van der Waals surface area contributed by atoms with Gasteiger partial charge in [-0.2, -0.15) is 0 Å². The van der Waals surface area contributed by atoms with Crippen molar-refractivity contribution in [2.24, 2.45) is 0 Å². The van der Waals surface area contributed by atoms with Gasteiger partial charge in [-0.25, -0.2) is 0 Å². The molecule has 0 atom stereocenters. The number of aromatic hydroxyl groups is 1. The Morgan fingerprint density at radius 2 is 1.50 bits per heavy atom. The molecule has 1 nitrogen and oxygen atoms in total. The fourth-order valence-electron chi connectivity index (χ4n) is 1.76. The van der Waals surface area contributed by atoms with Crippen molar-refractivity contribution >= 4 is 0 Å². The third-order valence-corrected chi connectivity index (χ3v) is 3.13. The van der Waals surface area contributed by atoms with E-state index in [0.717, 1.165) is 17.5 Å². The molecule has 1 N–H and O–H groups in total. The van der Waals surface area contributed by atoms with Crippen molar-refractivity contribution in [3.05, 3.63) is 40.5 Å². The van der Waals surface area contributed by atoms with E-state index in [1.165, 1.54) is 16.7 Å². The van der Waals surface area contributed by atoms with E-state index in [0.29, 0.717) is 5.75 Å². The summed E-state index contributed by atoms with van der Waals surface area (Å²) in [7, 11) is 0. The minimum Gasteiger partial charge on any atom is -0.507 e. The molecule has 0 radical (unpaired) electrons. The second-order valence-electron chi connectivity index (χ2n) is 3.82. The summed E-state index contributed by atoms with van der Waals surface area (Å²) in [6.45, 7) is 11.9. The highest BCUT2D eigenvalue weighted by molar-refractivity contribution is 5.53. The average Bonchev–Trinajstić information content (AvgIpc) is 2.19. The van der Waals surface area contributed by atoms with Crippen LogP contribution < -0.4 is 0 Å². The van der Waals surface area contributed by atoms with Gasteiger partial charge in [-0.15, -0.1) is 6.58 Å². The Morgan fingerprint density at radius 3 is 2.00 bits per heavy atom. The molecule has 1 rings (SSSR count). The maximum Gasteiger partial charge on any atom is 0.122 e. The van der Waals surface area contributed by atoms with Gasteiger partial charge in [-0.1, -0.05) is 6.08 Å². The van der Waals surface area contributed by atoms with Crippen LogP contribution in [-0.2, 0) is 6.42 Å². The molecule has 76 valence electrons. The predicted molar refractivity (Wildman–Crippen MR) is 61.0 cm³/mol. The molecule has 1 aromatic carbocycles. The van der Waals surface area contributed by atoms with E-state index >= 15 is 0 Å². The second kappa shape index (κ2) is 3.87. The molecule has 0 aliphatic rings. The first-order valence-corrected chi connectivity index (χ1v) is 4.89. The Morgan fingerprint density at radius 1 is 1.00 bits per heavy atom. The van der Waals surface area contributed by atoms with E-state index in [2.05, 4.69) is 27.4 Å². The summed E-state index contributed by atoms with van der Waals surface area (Å²) in [5, 5.41) is 9.97. The normalized spacial score (nSPS) is 10.3. The first kappa shape index (κ1) is 10.8. The quantitative estimate of drug-likeness (QED) is 0.709. The molecule has 0 unspecified atom stereocenters. The van der Waals surface area contributed by atoms with Crippen LogP contribution in [0.1, 0.15) is 27.8 Å². The van der Waals surface area contributed by atoms with E-state index in [1.807, 2.05) is 13.0 Å². The van der Waals surface area contributed by atoms with E-state index in [1.54, 1.807) is 0 Å². The van der Waals surface area contributed by atoms with Crippen molar-refractivity contribution in [3.8, 4) is 5.75 Å². The molecule has 0 spiro atoms. The van der Waals surface area contributed by atoms with Gasteiger partial charge in [-0.3, -0.25) is 0 Å². The molecular weight excluding hydrogens is 172 g/mol. The summed E-state index contributed by atoms with van der Waals surface area (Å²) in [4.78, 5) is 0. The lowest BCUT2D eigenvalue weighted by molar-refractivity contribution is 0.464. The lowest BCUT2D eigenvalue weighted by Crippen LogP contribution is -1.98. The number of hydrogen-bond donors (Lipinski definition) is 1. The van der Waals surface area contributed by atoms with Gasteiger partial charge < -0.3 is 5.11 Å². The Hall–Kier alpha value is -1.24. The van der Waals surface area contributed by atoms with E-state index in [4.69, 9.17) is 0 Å². The third kappa shape index (κ3) is 1.54. The summed E-state index contributed by atoms with van der Waals surface area (Å²) < 4.78 is 0. The van der Waals surface area contributed by atoms with Crippen LogP contribution in [-0.4, -0.2) is 5.11 Å². The van der Waals surface area contributed by atoms with Crippen LogP contribution in [0.2, 0.25) is 0 Å². The maximum atomic E-state index is 9.97. The molecule has 0 saturated carbocycles. The second-order valence-corrected chi connectivity index (χ2v) is 3.82. The van der Waals surface area contributed by atoms with Crippen molar-refractivity contribution in [2.75, 3.05) is 0 Å². The van der Waals surface area contributed by atoms with Crippen molar-refractivity contribution in [2.45, 2.75) is 34.1 Å². The van der Waals surface area contributed by atoms with Gasteiger partial charge in [0, 0.05) is 5.56 Å². The standard InChI is InChI=1S/C13H18O/c1-6-7-12-10(4)8(2)9(3)11(5)13(12)14/h6,14H,1,7H2,2-5H3. The molecule has 0 amide bonds. The first-order chi connectivity index (χ1) is 6.50. The van der Waals surface area contributed by atoms with Crippen molar-refractivity contribution in [1.82, 2.24) is 0 Å². The maximum absolute atomic E-state index is 9.97. The summed E-state index contributed by atoms with van der Waals surface area (Å²) in [5.74, 6) is 0.436. The largest absolute Gasteiger partial charge is 0.507 e. The third-order valence-electron chi connectivity index (χ3n) is 3.13. The molecular formula is C13H18O. The topological polar surface area (TPSA) is 20.2 Å². The molecule has 0 fully saturated rings. The molecule has 0 aromatic heterocycles. The molecule has 0 bridgehead atoms. The highest BCUT2D eigenvalue weighted by atomic mass is 16.3. The number of phenolic OH excluding ortho intramolecular Hbond substituents is 1. The summed E-state index contributed by atoms with van der Waals surface area (Å²) in [6.07, 6.45) is 2.57. The fraction of sp³-hybridized carbons (Fsp3) is 0.385. The first-order valence-electron chi connectivity index (χ1n) is 4.89. The van der Waals surface area contributed by atoms with E-state index in [-0.39, 0.29) is 0 Å². The number of benzene rings is 1.